The molecule has 0 spiro atoms. The van der Waals surface area contributed by atoms with Crippen LogP contribution in [0, 0.1) is 0 Å². The summed E-state index contributed by atoms with van der Waals surface area (Å²) in [6.07, 6.45) is 5.90. The normalized spacial score (nSPS) is 15.9. The molecule has 2 aromatic heterocycles. The number of pyridine rings is 1. The molecule has 0 bridgehead atoms. The molecule has 6 heteroatoms. The number of methoxy groups -OCH3 is 1. The van der Waals surface area contributed by atoms with Crippen LogP contribution in [0.15, 0.2) is 85.2 Å². The van der Waals surface area contributed by atoms with E-state index in [0.717, 1.165) is 60.2 Å². The largest absolute Gasteiger partial charge is 0.497 e. The van der Waals surface area contributed by atoms with E-state index in [1.807, 2.05) is 60.8 Å². The van der Waals surface area contributed by atoms with E-state index in [1.54, 1.807) is 13.3 Å². The standard InChI is InChI=1S/C28H28N4O2/c1-33-24-12-10-22(11-13-24)28-30-16-14-26(31-28)27-9-5-17-32(27)19-21-6-4-8-25(18-21)34-20-23-7-2-3-15-29-23/h2-4,6-8,10-16,18,27H,5,9,17,19-20H2,1H3/t27-/m1/s1. The Labute approximate surface area is 200 Å². The summed E-state index contributed by atoms with van der Waals surface area (Å²) in [4.78, 5) is 16.3. The molecular formula is C28H28N4O2. The number of ether oxygens (including phenoxy) is 2. The fourth-order valence-electron chi connectivity index (χ4n) is 4.40. The van der Waals surface area contributed by atoms with Crippen molar-refractivity contribution in [1.82, 2.24) is 19.9 Å². The first kappa shape index (κ1) is 22.0. The van der Waals surface area contributed by atoms with Crippen molar-refractivity contribution >= 4 is 0 Å². The topological polar surface area (TPSA) is 60.4 Å². The van der Waals surface area contributed by atoms with Crippen molar-refractivity contribution in [3.63, 3.8) is 0 Å². The minimum atomic E-state index is 0.276. The Morgan fingerprint density at radius 2 is 1.82 bits per heavy atom. The summed E-state index contributed by atoms with van der Waals surface area (Å²) in [5.41, 5.74) is 4.21. The monoisotopic (exact) mass is 452 g/mol. The number of nitrogens with zero attached hydrogens (tertiary/aromatic N) is 4. The zero-order chi connectivity index (χ0) is 23.2. The highest BCUT2D eigenvalue weighted by Gasteiger charge is 2.27. The van der Waals surface area contributed by atoms with Gasteiger partial charge in [0.25, 0.3) is 0 Å². The first-order valence-corrected chi connectivity index (χ1v) is 11.6. The summed E-state index contributed by atoms with van der Waals surface area (Å²) in [5.74, 6) is 2.44. The average Bonchev–Trinajstić information content (AvgIpc) is 3.36. The molecular weight excluding hydrogens is 424 g/mol. The number of hydrogen-bond acceptors (Lipinski definition) is 6. The highest BCUT2D eigenvalue weighted by molar-refractivity contribution is 5.56. The van der Waals surface area contributed by atoms with Gasteiger partial charge in [0.05, 0.1) is 24.5 Å². The molecule has 6 nitrogen and oxygen atoms in total. The van der Waals surface area contributed by atoms with Crippen LogP contribution in [0.1, 0.15) is 35.8 Å². The van der Waals surface area contributed by atoms with Gasteiger partial charge < -0.3 is 9.47 Å². The van der Waals surface area contributed by atoms with Gasteiger partial charge in [-0.3, -0.25) is 9.88 Å². The molecule has 0 radical (unpaired) electrons. The van der Waals surface area contributed by atoms with Gasteiger partial charge in [0, 0.05) is 24.5 Å². The lowest BCUT2D eigenvalue weighted by atomic mass is 10.1. The summed E-state index contributed by atoms with van der Waals surface area (Å²) in [6, 6.07) is 24.4. The van der Waals surface area contributed by atoms with Gasteiger partial charge in [-0.1, -0.05) is 18.2 Å². The van der Waals surface area contributed by atoms with Gasteiger partial charge >= 0.3 is 0 Å². The minimum absolute atomic E-state index is 0.276. The molecule has 5 rings (SSSR count). The molecule has 0 aliphatic carbocycles. The van der Waals surface area contributed by atoms with Crippen molar-refractivity contribution in [2.45, 2.75) is 32.0 Å². The lowest BCUT2D eigenvalue weighted by Crippen LogP contribution is -2.23. The van der Waals surface area contributed by atoms with Crippen molar-refractivity contribution in [3.05, 3.63) is 102 Å². The van der Waals surface area contributed by atoms with Crippen LogP contribution in [-0.4, -0.2) is 33.5 Å². The second-order valence-corrected chi connectivity index (χ2v) is 8.42. The molecule has 1 atom stereocenters. The number of benzene rings is 2. The van der Waals surface area contributed by atoms with Crippen LogP contribution in [-0.2, 0) is 13.2 Å². The lowest BCUT2D eigenvalue weighted by Gasteiger charge is -2.24. The van der Waals surface area contributed by atoms with Crippen LogP contribution in [0.5, 0.6) is 11.5 Å². The highest BCUT2D eigenvalue weighted by atomic mass is 16.5. The van der Waals surface area contributed by atoms with Gasteiger partial charge in [-0.15, -0.1) is 0 Å². The third-order valence-electron chi connectivity index (χ3n) is 6.13. The Kier molecular flexibility index (Phi) is 6.77. The first-order valence-electron chi connectivity index (χ1n) is 11.6. The molecule has 0 saturated carbocycles. The van der Waals surface area contributed by atoms with Crippen LogP contribution in [0.3, 0.4) is 0 Å². The number of likely N-dealkylation sites (tertiary alicyclic amines) is 1. The van der Waals surface area contributed by atoms with E-state index in [0.29, 0.717) is 6.61 Å². The smallest absolute Gasteiger partial charge is 0.159 e. The van der Waals surface area contributed by atoms with E-state index in [1.165, 1.54) is 5.56 Å². The van der Waals surface area contributed by atoms with Crippen LogP contribution in [0.2, 0.25) is 0 Å². The second kappa shape index (κ2) is 10.4. The summed E-state index contributed by atoms with van der Waals surface area (Å²) in [7, 11) is 1.67. The third-order valence-corrected chi connectivity index (χ3v) is 6.13. The predicted molar refractivity (Wildman–Crippen MR) is 131 cm³/mol. The molecule has 0 unspecified atom stereocenters. The van der Waals surface area contributed by atoms with Crippen molar-refractivity contribution in [3.8, 4) is 22.9 Å². The zero-order valence-corrected chi connectivity index (χ0v) is 19.3. The minimum Gasteiger partial charge on any atom is -0.497 e. The summed E-state index contributed by atoms with van der Waals surface area (Å²) >= 11 is 0. The van der Waals surface area contributed by atoms with E-state index in [9.17, 15) is 0 Å². The Morgan fingerprint density at radius 3 is 2.65 bits per heavy atom. The van der Waals surface area contributed by atoms with E-state index >= 15 is 0 Å². The Bertz CT molecular complexity index is 1210. The van der Waals surface area contributed by atoms with E-state index in [4.69, 9.17) is 14.5 Å². The van der Waals surface area contributed by atoms with Gasteiger partial charge in [-0.25, -0.2) is 9.97 Å². The van der Waals surface area contributed by atoms with E-state index in [2.05, 4.69) is 33.1 Å². The molecule has 172 valence electrons. The van der Waals surface area contributed by atoms with Crippen LogP contribution in [0.25, 0.3) is 11.4 Å². The number of rotatable bonds is 8. The van der Waals surface area contributed by atoms with Crippen molar-refractivity contribution < 1.29 is 9.47 Å². The Hall–Kier alpha value is -3.77. The molecule has 0 N–H and O–H groups in total. The predicted octanol–water partition coefficient (Wildman–Crippen LogP) is 5.46. The maximum absolute atomic E-state index is 5.98. The van der Waals surface area contributed by atoms with Crippen LogP contribution >= 0.6 is 0 Å². The molecule has 34 heavy (non-hydrogen) atoms. The summed E-state index contributed by atoms with van der Waals surface area (Å²) in [6.45, 7) is 2.37. The van der Waals surface area contributed by atoms with Crippen molar-refractivity contribution in [2.24, 2.45) is 0 Å². The SMILES string of the molecule is COc1ccc(-c2nccc([C@H]3CCCN3Cc3cccc(OCc4ccccn4)c3)n2)cc1. The Balaban J connectivity index is 1.28. The van der Waals surface area contributed by atoms with Gasteiger partial charge in [0.15, 0.2) is 5.82 Å². The molecule has 1 aliphatic heterocycles. The van der Waals surface area contributed by atoms with Crippen LogP contribution in [0.4, 0.5) is 0 Å². The number of hydrogen-bond donors (Lipinski definition) is 0. The average molecular weight is 453 g/mol. The molecule has 4 aromatic rings. The van der Waals surface area contributed by atoms with Crippen molar-refractivity contribution in [2.75, 3.05) is 13.7 Å². The van der Waals surface area contributed by atoms with Gasteiger partial charge in [-0.2, -0.15) is 0 Å². The zero-order valence-electron chi connectivity index (χ0n) is 19.3. The molecule has 2 aromatic carbocycles. The van der Waals surface area contributed by atoms with E-state index in [-0.39, 0.29) is 6.04 Å². The lowest BCUT2D eigenvalue weighted by molar-refractivity contribution is 0.243. The quantitative estimate of drug-likeness (QED) is 0.354. The van der Waals surface area contributed by atoms with Crippen LogP contribution < -0.4 is 9.47 Å². The second-order valence-electron chi connectivity index (χ2n) is 8.42. The molecule has 1 fully saturated rings. The molecule has 1 saturated heterocycles. The third kappa shape index (κ3) is 5.24. The van der Waals surface area contributed by atoms with Gasteiger partial charge in [-0.05, 0) is 79.5 Å². The number of aromatic nitrogens is 3. The molecule has 1 aliphatic rings. The first-order chi connectivity index (χ1) is 16.8. The molecule has 3 heterocycles. The maximum Gasteiger partial charge on any atom is 0.159 e. The molecule has 0 amide bonds. The highest BCUT2D eigenvalue weighted by Crippen LogP contribution is 2.33. The van der Waals surface area contributed by atoms with E-state index < -0.39 is 0 Å². The summed E-state index contributed by atoms with van der Waals surface area (Å²) in [5, 5.41) is 0. The summed E-state index contributed by atoms with van der Waals surface area (Å²) < 4.78 is 11.2. The fourth-order valence-corrected chi connectivity index (χ4v) is 4.40. The van der Waals surface area contributed by atoms with Crippen molar-refractivity contribution in [1.29, 1.82) is 0 Å². The van der Waals surface area contributed by atoms with Gasteiger partial charge in [0.1, 0.15) is 18.1 Å². The maximum atomic E-state index is 5.98. The Morgan fingerprint density at radius 1 is 0.912 bits per heavy atom. The van der Waals surface area contributed by atoms with Gasteiger partial charge in [0.2, 0.25) is 0 Å². The fraction of sp³-hybridized carbons (Fsp3) is 0.250.